The molecule has 0 spiro atoms. The normalized spacial score (nSPS) is 14.5. The molecule has 1 aromatic rings. The minimum absolute atomic E-state index is 0.0399. The lowest BCUT2D eigenvalue weighted by atomic mass is 10.0. The smallest absolute Gasteiger partial charge is 0.328 e. The Morgan fingerprint density at radius 2 is 2.14 bits per heavy atom. The van der Waals surface area contributed by atoms with Crippen molar-refractivity contribution < 1.29 is 19.1 Å². The molecule has 1 N–H and O–H groups in total. The summed E-state index contributed by atoms with van der Waals surface area (Å²) in [5.74, 6) is 0.112. The highest BCUT2D eigenvalue weighted by Crippen LogP contribution is 2.26. The molecule has 5 heteroatoms. The van der Waals surface area contributed by atoms with Crippen molar-refractivity contribution in [3.63, 3.8) is 0 Å². The summed E-state index contributed by atoms with van der Waals surface area (Å²) >= 11 is 0. The molecule has 118 valence electrons. The van der Waals surface area contributed by atoms with E-state index in [2.05, 4.69) is 5.32 Å². The molecule has 0 bridgehead atoms. The molecule has 1 amide bonds. The second-order valence-corrected chi connectivity index (χ2v) is 5.55. The number of fused-ring (bicyclic) bond motifs is 1. The zero-order chi connectivity index (χ0) is 16.1. The zero-order valence-electron chi connectivity index (χ0n) is 13.1. The summed E-state index contributed by atoms with van der Waals surface area (Å²) in [6.07, 6.45) is 4.04. The van der Waals surface area contributed by atoms with E-state index in [4.69, 9.17) is 9.47 Å². The molecule has 0 saturated carbocycles. The highest BCUT2D eigenvalue weighted by molar-refractivity contribution is 5.94. The van der Waals surface area contributed by atoms with Gasteiger partial charge in [-0.3, -0.25) is 4.79 Å². The quantitative estimate of drug-likeness (QED) is 0.667. The molecule has 1 atom stereocenters. The van der Waals surface area contributed by atoms with Gasteiger partial charge in [-0.15, -0.1) is 0 Å². The van der Waals surface area contributed by atoms with Crippen molar-refractivity contribution in [2.45, 2.75) is 26.3 Å². The molecule has 1 aliphatic rings. The van der Waals surface area contributed by atoms with Gasteiger partial charge in [0, 0.05) is 12.5 Å². The fourth-order valence-electron chi connectivity index (χ4n) is 2.31. The third-order valence-electron chi connectivity index (χ3n) is 3.56. The van der Waals surface area contributed by atoms with Gasteiger partial charge in [-0.2, -0.15) is 0 Å². The first-order valence-electron chi connectivity index (χ1n) is 7.33. The van der Waals surface area contributed by atoms with E-state index < -0.39 is 12.0 Å². The summed E-state index contributed by atoms with van der Waals surface area (Å²) in [6.45, 7) is 4.41. The number of rotatable bonds is 5. The Balaban J connectivity index is 2.00. The Hall–Kier alpha value is -2.30. The molecule has 5 nitrogen and oxygen atoms in total. The summed E-state index contributed by atoms with van der Waals surface area (Å²) in [6, 6.07) is 5.17. The van der Waals surface area contributed by atoms with Gasteiger partial charge in [-0.1, -0.05) is 19.9 Å². The van der Waals surface area contributed by atoms with Crippen LogP contribution in [-0.2, 0) is 20.7 Å². The molecule has 1 aromatic carbocycles. The van der Waals surface area contributed by atoms with Crippen molar-refractivity contribution in [3.8, 4) is 5.75 Å². The molecule has 1 aliphatic heterocycles. The van der Waals surface area contributed by atoms with Gasteiger partial charge in [0.25, 0.3) is 0 Å². The molecule has 0 aliphatic carbocycles. The van der Waals surface area contributed by atoms with Crippen LogP contribution in [0.1, 0.15) is 25.0 Å². The number of esters is 1. The minimum Gasteiger partial charge on any atom is -0.493 e. The van der Waals surface area contributed by atoms with Crippen LogP contribution in [0.15, 0.2) is 24.3 Å². The van der Waals surface area contributed by atoms with Gasteiger partial charge in [-0.05, 0) is 35.3 Å². The number of hydrogen-bond donors (Lipinski definition) is 1. The lowest BCUT2D eigenvalue weighted by molar-refractivity contribution is -0.145. The van der Waals surface area contributed by atoms with Crippen LogP contribution in [0.4, 0.5) is 0 Å². The van der Waals surface area contributed by atoms with Gasteiger partial charge in [0.05, 0.1) is 13.7 Å². The standard InChI is InChI=1S/C17H21NO4/c1-11(2)16(17(20)21-3)18-15(19)7-5-12-4-6-14-13(10-12)8-9-22-14/h4-7,10-11,16H,8-9H2,1-3H3,(H,18,19)/b7-5+/t16-/m0/s1. The first-order valence-corrected chi connectivity index (χ1v) is 7.33. The van der Waals surface area contributed by atoms with E-state index in [1.807, 2.05) is 32.0 Å². The number of hydrogen-bond acceptors (Lipinski definition) is 4. The number of carbonyl (C=O) groups excluding carboxylic acids is 2. The van der Waals surface area contributed by atoms with Crippen molar-refractivity contribution in [1.82, 2.24) is 5.32 Å². The van der Waals surface area contributed by atoms with Crippen molar-refractivity contribution in [1.29, 1.82) is 0 Å². The highest BCUT2D eigenvalue weighted by Gasteiger charge is 2.23. The maximum atomic E-state index is 12.0. The second kappa shape index (κ2) is 7.11. The largest absolute Gasteiger partial charge is 0.493 e. The fourth-order valence-corrected chi connectivity index (χ4v) is 2.31. The van der Waals surface area contributed by atoms with E-state index in [9.17, 15) is 9.59 Å². The van der Waals surface area contributed by atoms with Crippen LogP contribution in [0, 0.1) is 5.92 Å². The van der Waals surface area contributed by atoms with Gasteiger partial charge in [-0.25, -0.2) is 4.79 Å². The lowest BCUT2D eigenvalue weighted by Crippen LogP contribution is -2.44. The third-order valence-corrected chi connectivity index (χ3v) is 3.56. The topological polar surface area (TPSA) is 64.6 Å². The molecular formula is C17H21NO4. The van der Waals surface area contributed by atoms with Gasteiger partial charge < -0.3 is 14.8 Å². The summed E-state index contributed by atoms with van der Waals surface area (Å²) in [5, 5.41) is 2.66. The van der Waals surface area contributed by atoms with E-state index in [-0.39, 0.29) is 11.8 Å². The summed E-state index contributed by atoms with van der Waals surface area (Å²) < 4.78 is 10.1. The van der Waals surface area contributed by atoms with Crippen molar-refractivity contribution in [3.05, 3.63) is 35.4 Å². The molecule has 0 fully saturated rings. The van der Waals surface area contributed by atoms with E-state index in [0.717, 1.165) is 23.3 Å². The van der Waals surface area contributed by atoms with Gasteiger partial charge >= 0.3 is 5.97 Å². The first kappa shape index (κ1) is 16.1. The van der Waals surface area contributed by atoms with Gasteiger partial charge in [0.1, 0.15) is 11.8 Å². The maximum Gasteiger partial charge on any atom is 0.328 e. The molecule has 22 heavy (non-hydrogen) atoms. The highest BCUT2D eigenvalue weighted by atomic mass is 16.5. The van der Waals surface area contributed by atoms with Crippen molar-refractivity contribution in [2.24, 2.45) is 5.92 Å². The SMILES string of the molecule is COC(=O)[C@@H](NC(=O)/C=C/c1ccc2c(c1)CCO2)C(C)C. The van der Waals surface area contributed by atoms with Crippen LogP contribution in [0.25, 0.3) is 6.08 Å². The molecule has 1 heterocycles. The fraction of sp³-hybridized carbons (Fsp3) is 0.412. The zero-order valence-corrected chi connectivity index (χ0v) is 13.1. The first-order chi connectivity index (χ1) is 10.5. The molecular weight excluding hydrogens is 282 g/mol. The summed E-state index contributed by atoms with van der Waals surface area (Å²) in [7, 11) is 1.31. The molecule has 0 aromatic heterocycles. The molecule has 0 unspecified atom stereocenters. The Morgan fingerprint density at radius 3 is 2.82 bits per heavy atom. The Labute approximate surface area is 130 Å². The minimum atomic E-state index is -0.643. The predicted octanol–water partition coefficient (Wildman–Crippen LogP) is 1.95. The number of benzene rings is 1. The van der Waals surface area contributed by atoms with Crippen LogP contribution in [0.2, 0.25) is 0 Å². The van der Waals surface area contributed by atoms with E-state index in [1.54, 1.807) is 6.08 Å². The third kappa shape index (κ3) is 3.87. The van der Waals surface area contributed by atoms with Crippen LogP contribution >= 0.6 is 0 Å². The number of amides is 1. The molecule has 2 rings (SSSR count). The van der Waals surface area contributed by atoms with Crippen molar-refractivity contribution in [2.75, 3.05) is 13.7 Å². The Bertz CT molecular complexity index is 592. The van der Waals surface area contributed by atoms with Gasteiger partial charge in [0.15, 0.2) is 0 Å². The van der Waals surface area contributed by atoms with E-state index >= 15 is 0 Å². The number of nitrogens with one attached hydrogen (secondary N) is 1. The van der Waals surface area contributed by atoms with Crippen LogP contribution in [-0.4, -0.2) is 31.6 Å². The Morgan fingerprint density at radius 1 is 1.36 bits per heavy atom. The maximum absolute atomic E-state index is 12.0. The van der Waals surface area contributed by atoms with E-state index in [0.29, 0.717) is 6.61 Å². The number of carbonyl (C=O) groups is 2. The van der Waals surface area contributed by atoms with Gasteiger partial charge in [0.2, 0.25) is 5.91 Å². The Kier molecular flexibility index (Phi) is 5.20. The summed E-state index contributed by atoms with van der Waals surface area (Å²) in [4.78, 5) is 23.6. The number of ether oxygens (including phenoxy) is 2. The monoisotopic (exact) mass is 303 g/mol. The van der Waals surface area contributed by atoms with Crippen LogP contribution in [0.5, 0.6) is 5.75 Å². The van der Waals surface area contributed by atoms with Crippen LogP contribution in [0.3, 0.4) is 0 Å². The van der Waals surface area contributed by atoms with Crippen LogP contribution < -0.4 is 10.1 Å². The number of methoxy groups -OCH3 is 1. The molecule has 0 radical (unpaired) electrons. The average Bonchev–Trinajstić information content (AvgIpc) is 2.97. The molecule has 0 saturated heterocycles. The van der Waals surface area contributed by atoms with E-state index in [1.165, 1.54) is 13.2 Å². The predicted molar refractivity (Wildman–Crippen MR) is 83.5 cm³/mol. The van der Waals surface area contributed by atoms with Crippen molar-refractivity contribution >= 4 is 18.0 Å². The second-order valence-electron chi connectivity index (χ2n) is 5.55. The summed E-state index contributed by atoms with van der Waals surface area (Å²) in [5.41, 5.74) is 2.08. The lowest BCUT2D eigenvalue weighted by Gasteiger charge is -2.18. The average molecular weight is 303 g/mol.